The second-order valence-corrected chi connectivity index (χ2v) is 8.27. The van der Waals surface area contributed by atoms with Crippen molar-refractivity contribution in [3.63, 3.8) is 0 Å². The highest BCUT2D eigenvalue weighted by atomic mass is 127. The molecule has 6 nitrogen and oxygen atoms in total. The Labute approximate surface area is 194 Å². The Hall–Kier alpha value is -2.46. The Balaban J connectivity index is 2.03. The minimum atomic E-state index is -0.535. The van der Waals surface area contributed by atoms with Gasteiger partial charge < -0.3 is 9.47 Å². The summed E-state index contributed by atoms with van der Waals surface area (Å²) >= 11 is 7.38. The van der Waals surface area contributed by atoms with Crippen molar-refractivity contribution in [2.45, 2.75) is 26.9 Å². The van der Waals surface area contributed by atoms with Crippen LogP contribution in [0, 0.1) is 3.57 Å². The summed E-state index contributed by atoms with van der Waals surface area (Å²) in [6.45, 7) is 6.22. The predicted octanol–water partition coefficient (Wildman–Crippen LogP) is 4.31. The molecule has 3 rings (SSSR count). The number of carbonyl (C=O) groups excluding carboxylic acids is 2. The van der Waals surface area contributed by atoms with Crippen LogP contribution in [-0.4, -0.2) is 29.6 Å². The second-order valence-electron chi connectivity index (χ2n) is 6.72. The summed E-state index contributed by atoms with van der Waals surface area (Å²) in [4.78, 5) is 27.0. The summed E-state index contributed by atoms with van der Waals surface area (Å²) in [5.41, 5.74) is 1.23. The number of hydrogen-bond acceptors (Lipinski definition) is 5. The molecule has 30 heavy (non-hydrogen) atoms. The van der Waals surface area contributed by atoms with Gasteiger partial charge in [-0.15, -0.1) is 0 Å². The van der Waals surface area contributed by atoms with E-state index >= 15 is 0 Å². The molecule has 0 aromatic heterocycles. The Morgan fingerprint density at radius 3 is 2.53 bits per heavy atom. The first-order valence-electron chi connectivity index (χ1n) is 9.41. The van der Waals surface area contributed by atoms with Crippen LogP contribution < -0.4 is 19.7 Å². The number of rotatable bonds is 6. The molecule has 0 atom stereocenters. The first kappa shape index (κ1) is 22.2. The number of benzene rings is 2. The molecule has 0 bridgehead atoms. The zero-order chi connectivity index (χ0) is 21.8. The van der Waals surface area contributed by atoms with Gasteiger partial charge in [0.2, 0.25) is 0 Å². The average Bonchev–Trinajstić information content (AvgIpc) is 2.68. The van der Waals surface area contributed by atoms with Gasteiger partial charge in [0.25, 0.3) is 11.8 Å². The number of nitrogens with zero attached hydrogens (tertiary/aromatic N) is 1. The van der Waals surface area contributed by atoms with Crippen LogP contribution in [0.1, 0.15) is 26.3 Å². The Morgan fingerprint density at radius 2 is 1.90 bits per heavy atom. The van der Waals surface area contributed by atoms with E-state index in [0.717, 1.165) is 3.57 Å². The molecule has 1 heterocycles. The predicted molar refractivity (Wildman–Crippen MR) is 129 cm³/mol. The van der Waals surface area contributed by atoms with Gasteiger partial charge in [0.15, 0.2) is 16.6 Å². The van der Waals surface area contributed by atoms with Crippen molar-refractivity contribution in [2.75, 3.05) is 11.5 Å². The van der Waals surface area contributed by atoms with Crippen LogP contribution in [-0.2, 0) is 9.59 Å². The zero-order valence-corrected chi connectivity index (χ0v) is 19.7. The zero-order valence-electron chi connectivity index (χ0n) is 16.8. The SMILES string of the molecule is CCOc1cc(/C=C2/C(=O)NC(=S)N(c3ccccc3)C2=O)cc(I)c1OC(C)C. The molecule has 2 amide bonds. The van der Waals surface area contributed by atoms with Crippen molar-refractivity contribution >= 4 is 63.5 Å². The summed E-state index contributed by atoms with van der Waals surface area (Å²) in [6.07, 6.45) is 1.52. The van der Waals surface area contributed by atoms with Crippen LogP contribution in [0.3, 0.4) is 0 Å². The van der Waals surface area contributed by atoms with E-state index in [4.69, 9.17) is 21.7 Å². The molecule has 0 radical (unpaired) electrons. The molecule has 1 saturated heterocycles. The summed E-state index contributed by atoms with van der Waals surface area (Å²) in [6, 6.07) is 12.6. The lowest BCUT2D eigenvalue weighted by atomic mass is 10.1. The van der Waals surface area contributed by atoms with Crippen molar-refractivity contribution in [3.05, 3.63) is 57.2 Å². The quantitative estimate of drug-likeness (QED) is 0.258. The van der Waals surface area contributed by atoms with Gasteiger partial charge in [0.05, 0.1) is 22.0 Å². The van der Waals surface area contributed by atoms with Crippen LogP contribution in [0.5, 0.6) is 11.5 Å². The molecule has 156 valence electrons. The second kappa shape index (κ2) is 9.57. The van der Waals surface area contributed by atoms with Crippen LogP contribution in [0.2, 0.25) is 0 Å². The maximum Gasteiger partial charge on any atom is 0.270 e. The minimum absolute atomic E-state index is 0.0109. The molecule has 2 aromatic carbocycles. The van der Waals surface area contributed by atoms with E-state index in [1.165, 1.54) is 4.90 Å². The van der Waals surface area contributed by atoms with E-state index in [2.05, 4.69) is 27.9 Å². The molecule has 0 spiro atoms. The highest BCUT2D eigenvalue weighted by Crippen LogP contribution is 2.36. The molecule has 1 fully saturated rings. The lowest BCUT2D eigenvalue weighted by Gasteiger charge is -2.28. The maximum atomic E-state index is 13.1. The van der Waals surface area contributed by atoms with Gasteiger partial charge >= 0.3 is 0 Å². The first-order chi connectivity index (χ1) is 14.3. The van der Waals surface area contributed by atoms with E-state index in [1.807, 2.05) is 32.9 Å². The topological polar surface area (TPSA) is 67.9 Å². The average molecular weight is 536 g/mol. The van der Waals surface area contributed by atoms with Crippen LogP contribution in [0.4, 0.5) is 5.69 Å². The van der Waals surface area contributed by atoms with Crippen LogP contribution in [0.25, 0.3) is 6.08 Å². The third kappa shape index (κ3) is 4.81. The fourth-order valence-electron chi connectivity index (χ4n) is 2.92. The molecule has 8 heteroatoms. The monoisotopic (exact) mass is 536 g/mol. The maximum absolute atomic E-state index is 13.1. The Kier molecular flexibility index (Phi) is 7.09. The van der Waals surface area contributed by atoms with Gasteiger partial charge in [-0.2, -0.15) is 0 Å². The number of thiocarbonyl (C=S) groups is 1. The molecule has 0 unspecified atom stereocenters. The highest BCUT2D eigenvalue weighted by molar-refractivity contribution is 14.1. The van der Waals surface area contributed by atoms with Crippen molar-refractivity contribution < 1.29 is 19.1 Å². The van der Waals surface area contributed by atoms with E-state index in [1.54, 1.807) is 36.4 Å². The largest absolute Gasteiger partial charge is 0.490 e. The first-order valence-corrected chi connectivity index (χ1v) is 10.9. The lowest BCUT2D eigenvalue weighted by molar-refractivity contribution is -0.122. The Morgan fingerprint density at radius 1 is 1.20 bits per heavy atom. The molecule has 2 aromatic rings. The summed E-state index contributed by atoms with van der Waals surface area (Å²) in [5.74, 6) is 0.184. The molecule has 0 saturated carbocycles. The van der Waals surface area contributed by atoms with Crippen LogP contribution >= 0.6 is 34.8 Å². The van der Waals surface area contributed by atoms with E-state index in [0.29, 0.717) is 29.4 Å². The fourth-order valence-corrected chi connectivity index (χ4v) is 3.95. The van der Waals surface area contributed by atoms with Gasteiger partial charge in [-0.1, -0.05) is 18.2 Å². The van der Waals surface area contributed by atoms with Gasteiger partial charge in [0, 0.05) is 0 Å². The molecular formula is C22H21IN2O4S. The number of halogens is 1. The van der Waals surface area contributed by atoms with Crippen LogP contribution in [0.15, 0.2) is 48.0 Å². The van der Waals surface area contributed by atoms with Gasteiger partial charge in [-0.25, -0.2) is 0 Å². The van der Waals surface area contributed by atoms with Gasteiger partial charge in [-0.3, -0.25) is 19.8 Å². The third-order valence-electron chi connectivity index (χ3n) is 4.11. The summed E-state index contributed by atoms with van der Waals surface area (Å²) in [5, 5.41) is 2.65. The fraction of sp³-hybridized carbons (Fsp3) is 0.227. The van der Waals surface area contributed by atoms with E-state index in [-0.39, 0.29) is 16.8 Å². The van der Waals surface area contributed by atoms with E-state index in [9.17, 15) is 9.59 Å². The standard InChI is InChI=1S/C22H21IN2O4S/c1-4-28-18-12-14(11-17(23)19(18)29-13(2)3)10-16-20(26)24-22(30)25(21(16)27)15-8-6-5-7-9-15/h5-13H,4H2,1-3H3,(H,24,26,30)/b16-10-. The molecular weight excluding hydrogens is 515 g/mol. The van der Waals surface area contributed by atoms with Crippen molar-refractivity contribution in [1.29, 1.82) is 0 Å². The summed E-state index contributed by atoms with van der Waals surface area (Å²) in [7, 11) is 0. The normalized spacial score (nSPS) is 15.6. The minimum Gasteiger partial charge on any atom is -0.490 e. The van der Waals surface area contributed by atoms with Crippen molar-refractivity contribution in [2.24, 2.45) is 0 Å². The smallest absolute Gasteiger partial charge is 0.270 e. The van der Waals surface area contributed by atoms with Gasteiger partial charge in [0.1, 0.15) is 5.57 Å². The summed E-state index contributed by atoms with van der Waals surface area (Å²) < 4.78 is 12.4. The number of para-hydroxylation sites is 1. The number of ether oxygens (including phenoxy) is 2. The molecule has 1 aliphatic heterocycles. The Bertz CT molecular complexity index is 1020. The third-order valence-corrected chi connectivity index (χ3v) is 5.20. The number of anilines is 1. The number of nitrogens with one attached hydrogen (secondary N) is 1. The van der Waals surface area contributed by atoms with Gasteiger partial charge in [-0.05, 0) is 91.5 Å². The lowest BCUT2D eigenvalue weighted by Crippen LogP contribution is -2.54. The molecule has 1 N–H and O–H groups in total. The number of amides is 2. The van der Waals surface area contributed by atoms with E-state index < -0.39 is 11.8 Å². The van der Waals surface area contributed by atoms with Crippen molar-refractivity contribution in [1.82, 2.24) is 5.32 Å². The number of carbonyl (C=O) groups is 2. The highest BCUT2D eigenvalue weighted by Gasteiger charge is 2.34. The molecule has 1 aliphatic rings. The number of hydrogen-bond donors (Lipinski definition) is 1. The molecule has 0 aliphatic carbocycles. The van der Waals surface area contributed by atoms with Crippen molar-refractivity contribution in [3.8, 4) is 11.5 Å².